The molecule has 16 heavy (non-hydrogen) atoms. The third-order valence-electron chi connectivity index (χ3n) is 1.98. The quantitative estimate of drug-likeness (QED) is 0.752. The largest absolute Gasteiger partial charge is 0.378 e. The van der Waals surface area contributed by atoms with Crippen LogP contribution >= 0.6 is 22.9 Å². The Hall–Kier alpha value is -0.230. The Morgan fingerprint density at radius 3 is 2.81 bits per heavy atom. The van der Waals surface area contributed by atoms with Crippen LogP contribution in [-0.4, -0.2) is 27.9 Å². The molecule has 0 aliphatic carbocycles. The molecule has 0 aliphatic heterocycles. The summed E-state index contributed by atoms with van der Waals surface area (Å²) in [5.74, 6) is -0.0271. The Balaban J connectivity index is 2.71. The SMILES string of the molecule is COC(CC(C)=O)C(Cl)S(=O)c1cccs1. The standard InChI is InChI=1S/C10H13ClO3S2/c1-7(12)6-8(14-2)10(11)16(13)9-4-3-5-15-9/h3-5,8,10H,6H2,1-2H3. The lowest BCUT2D eigenvalue weighted by atomic mass is 10.2. The first kappa shape index (κ1) is 13.8. The topological polar surface area (TPSA) is 43.4 Å². The van der Waals surface area contributed by atoms with Crippen molar-refractivity contribution in [3.8, 4) is 0 Å². The maximum atomic E-state index is 12.0. The molecule has 1 aromatic rings. The van der Waals surface area contributed by atoms with Crippen molar-refractivity contribution in [1.82, 2.24) is 0 Å². The summed E-state index contributed by atoms with van der Waals surface area (Å²) in [6, 6.07) is 3.57. The minimum atomic E-state index is -1.34. The van der Waals surface area contributed by atoms with E-state index >= 15 is 0 Å². The molecular formula is C10H13ClO3S2. The molecule has 6 heteroatoms. The zero-order valence-corrected chi connectivity index (χ0v) is 11.4. The second-order valence-electron chi connectivity index (χ2n) is 3.26. The minimum absolute atomic E-state index is 0.0271. The van der Waals surface area contributed by atoms with Crippen molar-refractivity contribution in [2.45, 2.75) is 28.4 Å². The number of alkyl halides is 1. The minimum Gasteiger partial charge on any atom is -0.378 e. The molecule has 0 amide bonds. The van der Waals surface area contributed by atoms with Gasteiger partial charge >= 0.3 is 0 Å². The van der Waals surface area contributed by atoms with Gasteiger partial charge in [0.15, 0.2) is 0 Å². The fraction of sp³-hybridized carbons (Fsp3) is 0.500. The van der Waals surface area contributed by atoms with E-state index in [0.717, 1.165) is 0 Å². The number of Topliss-reactive ketones (excluding diaryl/α,β-unsaturated/α-hetero) is 1. The van der Waals surface area contributed by atoms with E-state index in [-0.39, 0.29) is 12.2 Å². The number of carbonyl (C=O) groups is 1. The van der Waals surface area contributed by atoms with Crippen molar-refractivity contribution in [2.24, 2.45) is 0 Å². The average Bonchev–Trinajstić information content (AvgIpc) is 2.76. The van der Waals surface area contributed by atoms with Gasteiger partial charge in [-0.05, 0) is 18.4 Å². The molecule has 0 bridgehead atoms. The van der Waals surface area contributed by atoms with Crippen molar-refractivity contribution in [3.05, 3.63) is 17.5 Å². The van der Waals surface area contributed by atoms with Crippen molar-refractivity contribution in [3.63, 3.8) is 0 Å². The van der Waals surface area contributed by atoms with Gasteiger partial charge < -0.3 is 4.74 Å². The summed E-state index contributed by atoms with van der Waals surface area (Å²) in [7, 11) is 0.130. The summed E-state index contributed by atoms with van der Waals surface area (Å²) >= 11 is 7.44. The fourth-order valence-electron chi connectivity index (χ4n) is 1.19. The predicted octanol–water partition coefficient (Wildman–Crippen LogP) is 2.41. The summed E-state index contributed by atoms with van der Waals surface area (Å²) in [6.07, 6.45) is -0.330. The van der Waals surface area contributed by atoms with Gasteiger partial charge in [0.25, 0.3) is 0 Å². The van der Waals surface area contributed by atoms with Crippen LogP contribution in [0.3, 0.4) is 0 Å². The molecule has 3 nitrogen and oxygen atoms in total. The first-order valence-electron chi connectivity index (χ1n) is 4.66. The number of rotatable bonds is 6. The number of thiophene rings is 1. The second kappa shape index (κ2) is 6.49. The number of hydrogen-bond donors (Lipinski definition) is 0. The van der Waals surface area contributed by atoms with E-state index in [0.29, 0.717) is 4.21 Å². The smallest absolute Gasteiger partial charge is 0.140 e. The van der Waals surface area contributed by atoms with Gasteiger partial charge in [-0.15, -0.1) is 22.9 Å². The van der Waals surface area contributed by atoms with Gasteiger partial charge in [0.2, 0.25) is 0 Å². The van der Waals surface area contributed by atoms with Gasteiger partial charge in [-0.2, -0.15) is 0 Å². The number of methoxy groups -OCH3 is 1. The van der Waals surface area contributed by atoms with Crippen molar-refractivity contribution < 1.29 is 13.7 Å². The monoisotopic (exact) mass is 280 g/mol. The van der Waals surface area contributed by atoms with Crippen LogP contribution in [0.5, 0.6) is 0 Å². The lowest BCUT2D eigenvalue weighted by molar-refractivity contribution is -0.119. The molecule has 1 aromatic heterocycles. The van der Waals surface area contributed by atoms with Gasteiger partial charge in [-0.25, -0.2) is 0 Å². The zero-order chi connectivity index (χ0) is 12.1. The highest BCUT2D eigenvalue weighted by molar-refractivity contribution is 7.89. The maximum absolute atomic E-state index is 12.0. The highest BCUT2D eigenvalue weighted by Crippen LogP contribution is 2.24. The lowest BCUT2D eigenvalue weighted by Gasteiger charge is -2.18. The maximum Gasteiger partial charge on any atom is 0.140 e. The molecule has 0 aliphatic rings. The molecular weight excluding hydrogens is 268 g/mol. The number of ether oxygens (including phenoxy) is 1. The second-order valence-corrected chi connectivity index (χ2v) is 6.74. The van der Waals surface area contributed by atoms with E-state index in [1.165, 1.54) is 25.4 Å². The van der Waals surface area contributed by atoms with Gasteiger partial charge in [-0.3, -0.25) is 9.00 Å². The first-order chi connectivity index (χ1) is 7.56. The molecule has 0 radical (unpaired) electrons. The van der Waals surface area contributed by atoms with Crippen LogP contribution in [0.15, 0.2) is 21.7 Å². The third kappa shape index (κ3) is 3.66. The van der Waals surface area contributed by atoms with Crippen LogP contribution in [0, 0.1) is 0 Å². The Labute approximate surface area is 106 Å². The van der Waals surface area contributed by atoms with Crippen LogP contribution in [-0.2, 0) is 20.3 Å². The normalized spacial score (nSPS) is 16.7. The van der Waals surface area contributed by atoms with Crippen LogP contribution in [0.25, 0.3) is 0 Å². The highest BCUT2D eigenvalue weighted by atomic mass is 35.5. The van der Waals surface area contributed by atoms with Crippen LogP contribution in [0.4, 0.5) is 0 Å². The molecule has 0 spiro atoms. The highest BCUT2D eigenvalue weighted by Gasteiger charge is 2.27. The van der Waals surface area contributed by atoms with E-state index in [4.69, 9.17) is 16.3 Å². The Bertz CT molecular complexity index is 364. The molecule has 1 heterocycles. The van der Waals surface area contributed by atoms with Crippen molar-refractivity contribution >= 4 is 39.5 Å². The predicted molar refractivity (Wildman–Crippen MR) is 66.5 cm³/mol. The zero-order valence-electron chi connectivity index (χ0n) is 9.01. The fourth-order valence-corrected chi connectivity index (χ4v) is 4.05. The first-order valence-corrected chi connectivity index (χ1v) is 7.19. The molecule has 0 N–H and O–H groups in total. The molecule has 3 atom stereocenters. The van der Waals surface area contributed by atoms with Gasteiger partial charge in [0.1, 0.15) is 10.5 Å². The Kier molecular flexibility index (Phi) is 5.61. The van der Waals surface area contributed by atoms with Gasteiger partial charge in [0, 0.05) is 13.5 Å². The average molecular weight is 281 g/mol. The number of halogens is 1. The Morgan fingerprint density at radius 1 is 1.69 bits per heavy atom. The molecule has 0 saturated heterocycles. The van der Waals surface area contributed by atoms with Gasteiger partial charge in [0.05, 0.1) is 21.1 Å². The van der Waals surface area contributed by atoms with E-state index in [1.54, 1.807) is 6.07 Å². The molecule has 0 fully saturated rings. The van der Waals surface area contributed by atoms with E-state index in [2.05, 4.69) is 0 Å². The molecule has 3 unspecified atom stereocenters. The molecule has 90 valence electrons. The van der Waals surface area contributed by atoms with Crippen molar-refractivity contribution in [2.75, 3.05) is 7.11 Å². The molecule has 0 aromatic carbocycles. The van der Waals surface area contributed by atoms with Crippen LogP contribution in [0.2, 0.25) is 0 Å². The van der Waals surface area contributed by atoms with Gasteiger partial charge in [-0.1, -0.05) is 6.07 Å². The van der Waals surface area contributed by atoms with Crippen LogP contribution in [0.1, 0.15) is 13.3 Å². The van der Waals surface area contributed by atoms with E-state index < -0.39 is 21.6 Å². The van der Waals surface area contributed by atoms with Crippen LogP contribution < -0.4 is 0 Å². The number of carbonyl (C=O) groups excluding carboxylic acids is 1. The molecule has 1 rings (SSSR count). The molecule has 0 saturated carbocycles. The summed E-state index contributed by atoms with van der Waals surface area (Å²) in [4.78, 5) is 11.0. The van der Waals surface area contributed by atoms with E-state index in [9.17, 15) is 9.00 Å². The number of ketones is 1. The summed E-state index contributed by atoms with van der Waals surface area (Å²) in [6.45, 7) is 1.46. The summed E-state index contributed by atoms with van der Waals surface area (Å²) < 4.78 is 17.1. The number of hydrogen-bond acceptors (Lipinski definition) is 4. The van der Waals surface area contributed by atoms with E-state index in [1.807, 2.05) is 11.4 Å². The van der Waals surface area contributed by atoms with Crippen molar-refractivity contribution in [1.29, 1.82) is 0 Å². The Morgan fingerprint density at radius 2 is 2.38 bits per heavy atom. The summed E-state index contributed by atoms with van der Waals surface area (Å²) in [5.41, 5.74) is 0. The third-order valence-corrected chi connectivity index (χ3v) is 5.44. The lowest BCUT2D eigenvalue weighted by Crippen LogP contribution is -2.29. The summed E-state index contributed by atoms with van der Waals surface area (Å²) in [5, 5.41) is 1.84.